The molecule has 2 saturated heterocycles. The number of furan rings is 1. The van der Waals surface area contributed by atoms with Crippen LogP contribution in [0.5, 0.6) is 0 Å². The lowest BCUT2D eigenvalue weighted by atomic mass is 10.2. The summed E-state index contributed by atoms with van der Waals surface area (Å²) in [7, 11) is 1.86. The van der Waals surface area contributed by atoms with Crippen LogP contribution in [0.2, 0.25) is 0 Å². The van der Waals surface area contributed by atoms with Gasteiger partial charge in [0.25, 0.3) is 11.8 Å². The van der Waals surface area contributed by atoms with Gasteiger partial charge in [0.1, 0.15) is 11.8 Å². The van der Waals surface area contributed by atoms with Gasteiger partial charge in [-0.2, -0.15) is 0 Å². The number of halogens is 1. The molecule has 8 heteroatoms. The molecule has 2 amide bonds. The van der Waals surface area contributed by atoms with E-state index >= 15 is 0 Å². The number of hydrogen-bond donors (Lipinski definition) is 0. The number of amides is 2. The summed E-state index contributed by atoms with van der Waals surface area (Å²) < 4.78 is 13.5. The largest absolute Gasteiger partial charge is 0.448 e. The standard InChI is InChI=1S/C17H20BrN3O4/c1-19-11-10-15(18)25-14(11)9-12(19)16(22)20-4-6-21(7-5-20)17(23)13-3-2-8-24-13/h9-10,13H,2-8H2,1H3. The van der Waals surface area contributed by atoms with Crippen molar-refractivity contribution in [1.29, 1.82) is 0 Å². The first-order valence-corrected chi connectivity index (χ1v) is 9.28. The minimum atomic E-state index is -0.291. The van der Waals surface area contributed by atoms with Crippen molar-refractivity contribution in [2.75, 3.05) is 32.8 Å². The molecule has 0 bridgehead atoms. The first-order chi connectivity index (χ1) is 12.0. The summed E-state index contributed by atoms with van der Waals surface area (Å²) >= 11 is 3.30. The number of nitrogens with zero attached hydrogens (tertiary/aromatic N) is 3. The molecule has 0 saturated carbocycles. The molecule has 0 aromatic carbocycles. The van der Waals surface area contributed by atoms with Crippen molar-refractivity contribution in [3.05, 3.63) is 22.5 Å². The van der Waals surface area contributed by atoms with Gasteiger partial charge in [0.2, 0.25) is 0 Å². The summed E-state index contributed by atoms with van der Waals surface area (Å²) in [6.07, 6.45) is 1.45. The van der Waals surface area contributed by atoms with Crippen molar-refractivity contribution in [3.8, 4) is 0 Å². The van der Waals surface area contributed by atoms with Crippen LogP contribution in [0, 0.1) is 0 Å². The predicted octanol–water partition coefficient (Wildman–Crippen LogP) is 2.00. The Morgan fingerprint density at radius 2 is 1.88 bits per heavy atom. The Morgan fingerprint density at radius 3 is 2.52 bits per heavy atom. The highest BCUT2D eigenvalue weighted by Gasteiger charge is 2.32. The number of aryl methyl sites for hydroxylation is 1. The number of carbonyl (C=O) groups excluding carboxylic acids is 2. The van der Waals surface area contributed by atoms with Crippen LogP contribution in [0.3, 0.4) is 0 Å². The lowest BCUT2D eigenvalue weighted by Crippen LogP contribution is -2.53. The molecule has 2 aliphatic rings. The van der Waals surface area contributed by atoms with Crippen LogP contribution in [0.1, 0.15) is 23.3 Å². The molecular formula is C17H20BrN3O4. The molecule has 2 aliphatic heterocycles. The van der Waals surface area contributed by atoms with Crippen molar-refractivity contribution in [1.82, 2.24) is 14.4 Å². The molecule has 4 heterocycles. The van der Waals surface area contributed by atoms with Crippen LogP contribution in [0.25, 0.3) is 11.1 Å². The van der Waals surface area contributed by atoms with Crippen LogP contribution >= 0.6 is 15.9 Å². The van der Waals surface area contributed by atoms with E-state index in [1.54, 1.807) is 11.0 Å². The lowest BCUT2D eigenvalue weighted by molar-refractivity contribution is -0.142. The molecule has 1 atom stereocenters. The van der Waals surface area contributed by atoms with Gasteiger partial charge in [-0.1, -0.05) is 0 Å². The second-order valence-corrected chi connectivity index (χ2v) is 7.29. The number of fused-ring (bicyclic) bond motifs is 1. The lowest BCUT2D eigenvalue weighted by Gasteiger charge is -2.35. The van der Waals surface area contributed by atoms with E-state index in [1.807, 2.05) is 22.6 Å². The summed E-state index contributed by atoms with van der Waals surface area (Å²) in [6.45, 7) is 2.84. The number of hydrogen-bond acceptors (Lipinski definition) is 4. The number of piperazine rings is 1. The van der Waals surface area contributed by atoms with E-state index in [0.29, 0.717) is 48.7 Å². The monoisotopic (exact) mass is 409 g/mol. The Labute approximate surface area is 153 Å². The maximum Gasteiger partial charge on any atom is 0.270 e. The van der Waals surface area contributed by atoms with E-state index in [0.717, 1.165) is 18.4 Å². The molecular weight excluding hydrogens is 390 g/mol. The zero-order valence-electron chi connectivity index (χ0n) is 14.0. The molecule has 4 rings (SSSR count). The van der Waals surface area contributed by atoms with E-state index in [2.05, 4.69) is 15.9 Å². The first-order valence-electron chi connectivity index (χ1n) is 8.49. The van der Waals surface area contributed by atoms with Gasteiger partial charge in [-0.25, -0.2) is 0 Å². The van der Waals surface area contributed by atoms with Gasteiger partial charge in [0.05, 0.1) is 5.52 Å². The number of rotatable bonds is 2. The number of ether oxygens (including phenoxy) is 1. The third-order valence-corrected chi connectivity index (χ3v) is 5.39. The average Bonchev–Trinajstić information content (AvgIpc) is 3.32. The molecule has 0 spiro atoms. The number of aromatic nitrogens is 1. The van der Waals surface area contributed by atoms with E-state index in [1.165, 1.54) is 0 Å². The average molecular weight is 410 g/mol. The van der Waals surface area contributed by atoms with Crippen LogP contribution in [0.15, 0.2) is 21.2 Å². The SMILES string of the molecule is Cn1c(C(=O)N2CCN(C(=O)C3CCCO3)CC2)cc2oc(Br)cc21. The van der Waals surface area contributed by atoms with E-state index in [-0.39, 0.29) is 17.9 Å². The highest BCUT2D eigenvalue weighted by Crippen LogP contribution is 2.27. The molecule has 0 N–H and O–H groups in total. The molecule has 134 valence electrons. The highest BCUT2D eigenvalue weighted by molar-refractivity contribution is 9.10. The van der Waals surface area contributed by atoms with Gasteiger partial charge in [-0.3, -0.25) is 9.59 Å². The van der Waals surface area contributed by atoms with Crippen LogP contribution in [0.4, 0.5) is 0 Å². The molecule has 25 heavy (non-hydrogen) atoms. The first kappa shape index (κ1) is 16.7. The summed E-state index contributed by atoms with van der Waals surface area (Å²) in [5, 5.41) is 0. The zero-order valence-corrected chi connectivity index (χ0v) is 15.6. The summed E-state index contributed by atoms with van der Waals surface area (Å²) in [4.78, 5) is 28.8. The molecule has 0 radical (unpaired) electrons. The van der Waals surface area contributed by atoms with Gasteiger partial charge in [-0.15, -0.1) is 0 Å². The van der Waals surface area contributed by atoms with Crippen LogP contribution in [-0.2, 0) is 16.6 Å². The molecule has 1 unspecified atom stereocenters. The molecule has 0 aliphatic carbocycles. The Bertz CT molecular complexity index is 813. The molecule has 7 nitrogen and oxygen atoms in total. The van der Waals surface area contributed by atoms with Crippen molar-refractivity contribution >= 4 is 38.8 Å². The van der Waals surface area contributed by atoms with Crippen molar-refractivity contribution in [2.24, 2.45) is 7.05 Å². The second kappa shape index (κ2) is 6.49. The minimum absolute atomic E-state index is 0.0331. The third kappa shape index (κ3) is 2.97. The van der Waals surface area contributed by atoms with Crippen LogP contribution < -0.4 is 0 Å². The van der Waals surface area contributed by atoms with Crippen molar-refractivity contribution in [3.63, 3.8) is 0 Å². The maximum absolute atomic E-state index is 12.8. The Hall–Kier alpha value is -1.80. The molecule has 2 aromatic rings. The number of carbonyl (C=O) groups is 2. The van der Waals surface area contributed by atoms with Gasteiger partial charge in [-0.05, 0) is 28.8 Å². The van der Waals surface area contributed by atoms with E-state index < -0.39 is 0 Å². The van der Waals surface area contributed by atoms with E-state index in [9.17, 15) is 9.59 Å². The normalized spacial score (nSPS) is 21.3. The quantitative estimate of drug-likeness (QED) is 0.760. The fourth-order valence-corrected chi connectivity index (χ4v) is 3.95. The Balaban J connectivity index is 1.42. The molecule has 2 fully saturated rings. The molecule has 2 aromatic heterocycles. The van der Waals surface area contributed by atoms with Gasteiger partial charge in [0.15, 0.2) is 10.3 Å². The second-order valence-electron chi connectivity index (χ2n) is 6.51. The van der Waals surface area contributed by atoms with Crippen molar-refractivity contribution in [2.45, 2.75) is 18.9 Å². The summed E-state index contributed by atoms with van der Waals surface area (Å²) in [5.41, 5.74) is 2.16. The van der Waals surface area contributed by atoms with Gasteiger partial charge < -0.3 is 23.5 Å². The van der Waals surface area contributed by atoms with Gasteiger partial charge >= 0.3 is 0 Å². The summed E-state index contributed by atoms with van der Waals surface area (Å²) in [5.74, 6) is 0.0278. The minimum Gasteiger partial charge on any atom is -0.448 e. The van der Waals surface area contributed by atoms with Gasteiger partial charge in [0, 0.05) is 52.0 Å². The zero-order chi connectivity index (χ0) is 17.6. The Kier molecular flexibility index (Phi) is 4.33. The topological polar surface area (TPSA) is 67.9 Å². The Morgan fingerprint density at radius 1 is 1.16 bits per heavy atom. The fourth-order valence-electron chi connectivity index (χ4n) is 3.55. The smallest absolute Gasteiger partial charge is 0.270 e. The van der Waals surface area contributed by atoms with E-state index in [4.69, 9.17) is 9.15 Å². The fraction of sp³-hybridized carbons (Fsp3) is 0.529. The summed E-state index contributed by atoms with van der Waals surface area (Å²) in [6, 6.07) is 3.62. The van der Waals surface area contributed by atoms with Crippen molar-refractivity contribution < 1.29 is 18.7 Å². The highest BCUT2D eigenvalue weighted by atomic mass is 79.9. The predicted molar refractivity (Wildman–Crippen MR) is 94.3 cm³/mol. The maximum atomic E-state index is 12.8. The van der Waals surface area contributed by atoms with Crippen LogP contribution in [-0.4, -0.2) is 65.1 Å². The third-order valence-electron chi connectivity index (χ3n) is 5.00.